The minimum Gasteiger partial charge on any atom is -0.484 e. The number of benzene rings is 2. The summed E-state index contributed by atoms with van der Waals surface area (Å²) < 4.78 is 32.8. The normalized spacial score (nSPS) is 11.0. The van der Waals surface area contributed by atoms with Gasteiger partial charge >= 0.3 is 0 Å². The highest BCUT2D eigenvalue weighted by atomic mass is 32.2. The maximum atomic E-state index is 12.4. The van der Waals surface area contributed by atoms with E-state index >= 15 is 0 Å². The number of nitrogens with one attached hydrogen (secondary N) is 2. The van der Waals surface area contributed by atoms with E-state index < -0.39 is 10.0 Å². The third-order valence-electron chi connectivity index (χ3n) is 3.47. The van der Waals surface area contributed by atoms with Crippen molar-refractivity contribution in [3.8, 4) is 5.75 Å². The molecule has 0 radical (unpaired) electrons. The van der Waals surface area contributed by atoms with Crippen molar-refractivity contribution < 1.29 is 17.9 Å². The van der Waals surface area contributed by atoms with Crippen LogP contribution in [0.5, 0.6) is 5.75 Å². The van der Waals surface area contributed by atoms with Gasteiger partial charge in [0.15, 0.2) is 6.61 Å². The smallest absolute Gasteiger partial charge is 0.261 e. The van der Waals surface area contributed by atoms with E-state index in [0.717, 1.165) is 12.0 Å². The van der Waals surface area contributed by atoms with E-state index in [-0.39, 0.29) is 17.4 Å². The van der Waals surface area contributed by atoms with Gasteiger partial charge in [-0.15, -0.1) is 0 Å². The lowest BCUT2D eigenvalue weighted by atomic mass is 10.2. The molecule has 2 rings (SSSR count). The van der Waals surface area contributed by atoms with Crippen LogP contribution in [0.3, 0.4) is 0 Å². The number of rotatable bonds is 8. The van der Waals surface area contributed by atoms with E-state index in [4.69, 9.17) is 4.74 Å². The van der Waals surface area contributed by atoms with Crippen LogP contribution in [0.2, 0.25) is 0 Å². The fourth-order valence-corrected chi connectivity index (χ4v) is 3.20. The van der Waals surface area contributed by atoms with Gasteiger partial charge in [0, 0.05) is 6.54 Å². The van der Waals surface area contributed by atoms with Gasteiger partial charge in [0.1, 0.15) is 5.75 Å². The first-order valence-corrected chi connectivity index (χ1v) is 9.48. The lowest BCUT2D eigenvalue weighted by Crippen LogP contribution is -2.29. The predicted molar refractivity (Wildman–Crippen MR) is 97.2 cm³/mol. The van der Waals surface area contributed by atoms with Gasteiger partial charge in [-0.05, 0) is 49.2 Å². The molecule has 25 heavy (non-hydrogen) atoms. The van der Waals surface area contributed by atoms with Gasteiger partial charge in [-0.1, -0.05) is 25.1 Å². The Balaban J connectivity index is 2.01. The van der Waals surface area contributed by atoms with Crippen LogP contribution >= 0.6 is 0 Å². The van der Waals surface area contributed by atoms with Gasteiger partial charge in [-0.2, -0.15) is 0 Å². The number of ether oxygens (including phenoxy) is 1. The van der Waals surface area contributed by atoms with Crippen molar-refractivity contribution in [2.75, 3.05) is 17.9 Å². The SMILES string of the molecule is CCCNC(=O)COc1ccc(S(=O)(=O)Nc2ccccc2C)cc1. The Kier molecular flexibility index (Phi) is 6.41. The molecule has 6 nitrogen and oxygen atoms in total. The summed E-state index contributed by atoms with van der Waals surface area (Å²) in [6.45, 7) is 4.29. The Morgan fingerprint density at radius 1 is 1.08 bits per heavy atom. The van der Waals surface area contributed by atoms with Gasteiger partial charge in [0.25, 0.3) is 15.9 Å². The van der Waals surface area contributed by atoms with Crippen molar-refractivity contribution in [1.82, 2.24) is 5.32 Å². The largest absolute Gasteiger partial charge is 0.484 e. The summed E-state index contributed by atoms with van der Waals surface area (Å²) in [5, 5.41) is 2.70. The Morgan fingerprint density at radius 2 is 1.76 bits per heavy atom. The van der Waals surface area contributed by atoms with Crippen LogP contribution in [0.25, 0.3) is 0 Å². The average Bonchev–Trinajstić information content (AvgIpc) is 2.60. The molecule has 0 spiro atoms. The fraction of sp³-hybridized carbons (Fsp3) is 0.278. The zero-order valence-corrected chi connectivity index (χ0v) is 15.1. The van der Waals surface area contributed by atoms with E-state index in [0.29, 0.717) is 18.0 Å². The topological polar surface area (TPSA) is 84.5 Å². The molecule has 1 amide bonds. The minimum absolute atomic E-state index is 0.104. The lowest BCUT2D eigenvalue weighted by molar-refractivity contribution is -0.123. The number of sulfonamides is 1. The summed E-state index contributed by atoms with van der Waals surface area (Å²) in [7, 11) is -3.68. The number of hydrogen-bond donors (Lipinski definition) is 2. The maximum absolute atomic E-state index is 12.4. The van der Waals surface area contributed by atoms with Crippen LogP contribution in [-0.4, -0.2) is 27.5 Å². The minimum atomic E-state index is -3.68. The van der Waals surface area contributed by atoms with E-state index in [9.17, 15) is 13.2 Å². The third kappa shape index (κ3) is 5.49. The first-order chi connectivity index (χ1) is 11.9. The Morgan fingerprint density at radius 3 is 2.40 bits per heavy atom. The summed E-state index contributed by atoms with van der Waals surface area (Å²) in [4.78, 5) is 11.6. The molecule has 0 fully saturated rings. The number of carbonyl (C=O) groups excluding carboxylic acids is 1. The fourth-order valence-electron chi connectivity index (χ4n) is 2.07. The molecular formula is C18H22N2O4S. The highest BCUT2D eigenvalue weighted by molar-refractivity contribution is 7.92. The highest BCUT2D eigenvalue weighted by Gasteiger charge is 2.15. The molecular weight excluding hydrogens is 340 g/mol. The second kappa shape index (κ2) is 8.53. The Hall–Kier alpha value is -2.54. The molecule has 0 heterocycles. The zero-order valence-electron chi connectivity index (χ0n) is 14.3. The molecule has 0 unspecified atom stereocenters. The molecule has 0 aromatic heterocycles. The van der Waals surface area contributed by atoms with Crippen molar-refractivity contribution >= 4 is 21.6 Å². The van der Waals surface area contributed by atoms with Crippen molar-refractivity contribution in [2.45, 2.75) is 25.2 Å². The lowest BCUT2D eigenvalue weighted by Gasteiger charge is -2.11. The second-order valence-electron chi connectivity index (χ2n) is 5.53. The monoisotopic (exact) mass is 362 g/mol. The molecule has 0 atom stereocenters. The molecule has 2 aromatic rings. The van der Waals surface area contributed by atoms with Gasteiger partial charge in [0.2, 0.25) is 0 Å². The van der Waals surface area contributed by atoms with E-state index in [2.05, 4.69) is 10.0 Å². The first-order valence-electron chi connectivity index (χ1n) is 8.00. The summed E-state index contributed by atoms with van der Waals surface area (Å²) >= 11 is 0. The highest BCUT2D eigenvalue weighted by Crippen LogP contribution is 2.21. The molecule has 0 aliphatic rings. The van der Waals surface area contributed by atoms with Crippen LogP contribution in [-0.2, 0) is 14.8 Å². The number of anilines is 1. The summed E-state index contributed by atoms with van der Waals surface area (Å²) in [6.07, 6.45) is 0.853. The molecule has 134 valence electrons. The van der Waals surface area contributed by atoms with Crippen LogP contribution in [0, 0.1) is 6.92 Å². The zero-order chi connectivity index (χ0) is 18.3. The summed E-state index contributed by atoms with van der Waals surface area (Å²) in [5.74, 6) is 0.223. The molecule has 0 saturated heterocycles. The summed E-state index contributed by atoms with van der Waals surface area (Å²) in [5.41, 5.74) is 1.37. The average molecular weight is 362 g/mol. The van der Waals surface area contributed by atoms with Crippen LogP contribution in [0.1, 0.15) is 18.9 Å². The maximum Gasteiger partial charge on any atom is 0.261 e. The first kappa shape index (κ1) is 18.8. The van der Waals surface area contributed by atoms with Crippen molar-refractivity contribution in [2.24, 2.45) is 0 Å². The molecule has 0 saturated carbocycles. The summed E-state index contributed by atoms with van der Waals surface area (Å²) in [6, 6.07) is 13.1. The number of para-hydroxylation sites is 1. The van der Waals surface area contributed by atoms with Crippen LogP contribution in [0.15, 0.2) is 53.4 Å². The molecule has 0 aliphatic carbocycles. The van der Waals surface area contributed by atoms with E-state index in [1.54, 1.807) is 12.1 Å². The number of amides is 1. The third-order valence-corrected chi connectivity index (χ3v) is 4.85. The van der Waals surface area contributed by atoms with Gasteiger partial charge in [-0.3, -0.25) is 9.52 Å². The van der Waals surface area contributed by atoms with Crippen LogP contribution < -0.4 is 14.8 Å². The Labute approximate surface area is 148 Å². The van der Waals surface area contributed by atoms with E-state index in [1.807, 2.05) is 26.0 Å². The van der Waals surface area contributed by atoms with E-state index in [1.165, 1.54) is 24.3 Å². The number of aryl methyl sites for hydroxylation is 1. The molecule has 2 N–H and O–H groups in total. The van der Waals surface area contributed by atoms with Gasteiger partial charge in [-0.25, -0.2) is 8.42 Å². The van der Waals surface area contributed by atoms with Crippen molar-refractivity contribution in [3.63, 3.8) is 0 Å². The van der Waals surface area contributed by atoms with Crippen molar-refractivity contribution in [1.29, 1.82) is 0 Å². The molecule has 2 aromatic carbocycles. The quantitative estimate of drug-likeness (QED) is 0.756. The van der Waals surface area contributed by atoms with Gasteiger partial charge < -0.3 is 10.1 Å². The van der Waals surface area contributed by atoms with Crippen LogP contribution in [0.4, 0.5) is 5.69 Å². The second-order valence-corrected chi connectivity index (χ2v) is 7.21. The predicted octanol–water partition coefficient (Wildman–Crippen LogP) is 2.70. The van der Waals surface area contributed by atoms with Gasteiger partial charge in [0.05, 0.1) is 10.6 Å². The molecule has 7 heteroatoms. The van der Waals surface area contributed by atoms with Crippen molar-refractivity contribution in [3.05, 3.63) is 54.1 Å². The number of carbonyl (C=O) groups is 1. The molecule has 0 aliphatic heterocycles. The standard InChI is InChI=1S/C18H22N2O4S/c1-3-12-19-18(21)13-24-15-8-10-16(11-9-15)25(22,23)20-17-7-5-4-6-14(17)2/h4-11,20H,3,12-13H2,1-2H3,(H,19,21). The Bertz CT molecular complexity index is 817. The number of hydrogen-bond acceptors (Lipinski definition) is 4. The molecule has 0 bridgehead atoms.